The Labute approximate surface area is 107 Å². The van der Waals surface area contributed by atoms with Crippen LogP contribution in [0.3, 0.4) is 0 Å². The second kappa shape index (κ2) is 7.34. The Morgan fingerprint density at radius 3 is 2.89 bits per heavy atom. The number of nitrogen functional groups attached to an aromatic ring is 1. The first kappa shape index (κ1) is 14.1. The highest BCUT2D eigenvalue weighted by molar-refractivity contribution is 5.99. The number of amides is 1. The molecule has 1 aromatic rings. The Hall–Kier alpha value is -2.01. The van der Waals surface area contributed by atoms with Crippen molar-refractivity contribution in [3.05, 3.63) is 36.4 Å². The number of nitrogens with one attached hydrogen (secondary N) is 1. The van der Waals surface area contributed by atoms with E-state index in [1.807, 2.05) is 0 Å². The van der Waals surface area contributed by atoms with Gasteiger partial charge in [-0.05, 0) is 24.6 Å². The number of primary amides is 1. The van der Waals surface area contributed by atoms with Crippen molar-refractivity contribution < 1.29 is 9.53 Å². The number of nitrogens with two attached hydrogens (primary N) is 2. The number of rotatable bonds is 8. The third-order valence-corrected chi connectivity index (χ3v) is 2.34. The van der Waals surface area contributed by atoms with E-state index in [9.17, 15) is 4.79 Å². The maximum Gasteiger partial charge on any atom is 0.250 e. The first-order valence-electron chi connectivity index (χ1n) is 5.77. The number of hydrogen-bond acceptors (Lipinski definition) is 4. The monoisotopic (exact) mass is 249 g/mol. The standard InChI is InChI=1S/C13H19N3O2/c1-2-3-7-18-8-6-16-12-9-10(14)4-5-11(12)13(15)17/h2,4-5,9,16H,1,3,6-8,14H2,(H2,15,17). The van der Waals surface area contributed by atoms with Gasteiger partial charge in [0.2, 0.25) is 0 Å². The number of carbonyl (C=O) groups excluding carboxylic acids is 1. The zero-order chi connectivity index (χ0) is 13.4. The van der Waals surface area contributed by atoms with Crippen molar-refractivity contribution in [3.63, 3.8) is 0 Å². The minimum absolute atomic E-state index is 0.426. The van der Waals surface area contributed by atoms with Crippen LogP contribution in [-0.4, -0.2) is 25.7 Å². The zero-order valence-electron chi connectivity index (χ0n) is 10.3. The van der Waals surface area contributed by atoms with E-state index < -0.39 is 5.91 Å². The second-order valence-electron chi connectivity index (χ2n) is 3.79. The van der Waals surface area contributed by atoms with Crippen LogP contribution >= 0.6 is 0 Å². The van der Waals surface area contributed by atoms with Gasteiger partial charge in [0.15, 0.2) is 0 Å². The van der Waals surface area contributed by atoms with Crippen LogP contribution in [0.4, 0.5) is 11.4 Å². The zero-order valence-corrected chi connectivity index (χ0v) is 10.3. The number of hydrogen-bond donors (Lipinski definition) is 3. The van der Waals surface area contributed by atoms with Crippen LogP contribution in [-0.2, 0) is 4.74 Å². The van der Waals surface area contributed by atoms with Gasteiger partial charge in [-0.25, -0.2) is 0 Å². The molecule has 0 unspecified atom stereocenters. The Morgan fingerprint density at radius 2 is 2.22 bits per heavy atom. The van der Waals surface area contributed by atoms with E-state index in [4.69, 9.17) is 16.2 Å². The predicted molar refractivity (Wildman–Crippen MR) is 73.5 cm³/mol. The molecular formula is C13H19N3O2. The molecule has 0 radical (unpaired) electrons. The molecular weight excluding hydrogens is 230 g/mol. The lowest BCUT2D eigenvalue weighted by Crippen LogP contribution is -2.17. The fourth-order valence-electron chi connectivity index (χ4n) is 1.45. The van der Waals surface area contributed by atoms with Gasteiger partial charge in [0.1, 0.15) is 0 Å². The molecule has 0 heterocycles. The summed E-state index contributed by atoms with van der Waals surface area (Å²) in [7, 11) is 0. The topological polar surface area (TPSA) is 90.4 Å². The van der Waals surface area contributed by atoms with Gasteiger partial charge in [-0.15, -0.1) is 6.58 Å². The Balaban J connectivity index is 2.47. The van der Waals surface area contributed by atoms with E-state index in [-0.39, 0.29) is 0 Å². The van der Waals surface area contributed by atoms with Crippen molar-refractivity contribution in [1.82, 2.24) is 0 Å². The quantitative estimate of drug-likeness (QED) is 0.369. The number of carbonyl (C=O) groups is 1. The van der Waals surface area contributed by atoms with E-state index in [0.29, 0.717) is 36.7 Å². The van der Waals surface area contributed by atoms with Gasteiger partial charge in [0, 0.05) is 17.9 Å². The number of ether oxygens (including phenoxy) is 1. The van der Waals surface area contributed by atoms with Gasteiger partial charge in [-0.1, -0.05) is 6.08 Å². The van der Waals surface area contributed by atoms with Gasteiger partial charge in [0.05, 0.1) is 18.8 Å². The minimum Gasteiger partial charge on any atom is -0.399 e. The third kappa shape index (κ3) is 4.47. The fraction of sp³-hybridized carbons (Fsp3) is 0.308. The molecule has 1 rings (SSSR count). The Kier molecular flexibility index (Phi) is 5.73. The lowest BCUT2D eigenvalue weighted by Gasteiger charge is -2.11. The first-order chi connectivity index (χ1) is 8.65. The molecule has 5 nitrogen and oxygen atoms in total. The van der Waals surface area contributed by atoms with Crippen molar-refractivity contribution in [2.24, 2.45) is 5.73 Å². The van der Waals surface area contributed by atoms with Crippen LogP contribution in [0.2, 0.25) is 0 Å². The van der Waals surface area contributed by atoms with E-state index >= 15 is 0 Å². The molecule has 18 heavy (non-hydrogen) atoms. The van der Waals surface area contributed by atoms with Crippen LogP contribution in [0.15, 0.2) is 30.9 Å². The average Bonchev–Trinajstić information content (AvgIpc) is 2.33. The van der Waals surface area contributed by atoms with Crippen LogP contribution in [0.5, 0.6) is 0 Å². The largest absolute Gasteiger partial charge is 0.399 e. The van der Waals surface area contributed by atoms with Gasteiger partial charge in [-0.3, -0.25) is 4.79 Å². The SMILES string of the molecule is C=CCCOCCNc1cc(N)ccc1C(N)=O. The summed E-state index contributed by atoms with van der Waals surface area (Å²) >= 11 is 0. The molecule has 0 aliphatic heterocycles. The highest BCUT2D eigenvalue weighted by atomic mass is 16.5. The number of anilines is 2. The summed E-state index contributed by atoms with van der Waals surface area (Å²) in [5.41, 5.74) is 12.6. The Morgan fingerprint density at radius 1 is 1.44 bits per heavy atom. The first-order valence-corrected chi connectivity index (χ1v) is 5.77. The highest BCUT2D eigenvalue weighted by Crippen LogP contribution is 2.18. The van der Waals surface area contributed by atoms with E-state index in [0.717, 1.165) is 6.42 Å². The van der Waals surface area contributed by atoms with Gasteiger partial charge < -0.3 is 21.5 Å². The van der Waals surface area contributed by atoms with Crippen molar-refractivity contribution >= 4 is 17.3 Å². The molecule has 1 aromatic carbocycles. The maximum atomic E-state index is 11.2. The van der Waals surface area contributed by atoms with Crippen LogP contribution in [0.1, 0.15) is 16.8 Å². The third-order valence-electron chi connectivity index (χ3n) is 2.34. The van der Waals surface area contributed by atoms with E-state index in [2.05, 4.69) is 11.9 Å². The molecule has 0 bridgehead atoms. The summed E-state index contributed by atoms with van der Waals surface area (Å²) in [6, 6.07) is 4.94. The number of benzene rings is 1. The summed E-state index contributed by atoms with van der Waals surface area (Å²) in [5.74, 6) is -0.481. The maximum absolute atomic E-state index is 11.2. The lowest BCUT2D eigenvalue weighted by atomic mass is 10.1. The summed E-state index contributed by atoms with van der Waals surface area (Å²) < 4.78 is 5.35. The van der Waals surface area contributed by atoms with Crippen LogP contribution in [0.25, 0.3) is 0 Å². The highest BCUT2D eigenvalue weighted by Gasteiger charge is 2.07. The fourth-order valence-corrected chi connectivity index (χ4v) is 1.45. The smallest absolute Gasteiger partial charge is 0.250 e. The lowest BCUT2D eigenvalue weighted by molar-refractivity contribution is 0.100. The molecule has 5 heteroatoms. The van der Waals surface area contributed by atoms with Crippen molar-refractivity contribution in [3.8, 4) is 0 Å². The second-order valence-corrected chi connectivity index (χ2v) is 3.79. The Bertz CT molecular complexity index is 419. The normalized spacial score (nSPS) is 10.0. The van der Waals surface area contributed by atoms with E-state index in [1.165, 1.54) is 0 Å². The molecule has 0 aromatic heterocycles. The van der Waals surface area contributed by atoms with Gasteiger partial charge in [0.25, 0.3) is 5.91 Å². The summed E-state index contributed by atoms with van der Waals surface area (Å²) in [4.78, 5) is 11.2. The van der Waals surface area contributed by atoms with Crippen molar-refractivity contribution in [2.75, 3.05) is 30.8 Å². The predicted octanol–water partition coefficient (Wildman–Crippen LogP) is 1.37. The molecule has 0 saturated heterocycles. The summed E-state index contributed by atoms with van der Waals surface area (Å²) in [5, 5.41) is 3.08. The molecule has 0 fully saturated rings. The molecule has 0 saturated carbocycles. The van der Waals surface area contributed by atoms with Crippen LogP contribution < -0.4 is 16.8 Å². The minimum atomic E-state index is -0.481. The molecule has 98 valence electrons. The molecule has 0 aliphatic rings. The van der Waals surface area contributed by atoms with Crippen molar-refractivity contribution in [1.29, 1.82) is 0 Å². The van der Waals surface area contributed by atoms with Gasteiger partial charge >= 0.3 is 0 Å². The summed E-state index contributed by atoms with van der Waals surface area (Å²) in [6.07, 6.45) is 2.63. The molecule has 0 spiro atoms. The molecule has 1 amide bonds. The van der Waals surface area contributed by atoms with Crippen molar-refractivity contribution in [2.45, 2.75) is 6.42 Å². The van der Waals surface area contributed by atoms with Crippen LogP contribution in [0, 0.1) is 0 Å². The average molecular weight is 249 g/mol. The molecule has 0 aliphatic carbocycles. The molecule has 0 atom stereocenters. The molecule has 5 N–H and O–H groups in total. The van der Waals surface area contributed by atoms with E-state index in [1.54, 1.807) is 24.3 Å². The summed E-state index contributed by atoms with van der Waals surface area (Å²) in [6.45, 7) is 5.38. The van der Waals surface area contributed by atoms with Gasteiger partial charge in [-0.2, -0.15) is 0 Å².